The van der Waals surface area contributed by atoms with Gasteiger partial charge in [-0.25, -0.2) is 8.42 Å². The largest absolute Gasteiger partial charge is 0.356 e. The Balaban J connectivity index is 1.47. The third-order valence-corrected chi connectivity index (χ3v) is 7.02. The van der Waals surface area contributed by atoms with Crippen molar-refractivity contribution in [3.8, 4) is 0 Å². The number of hydrogen-bond acceptors (Lipinski definition) is 3. The van der Waals surface area contributed by atoms with Crippen molar-refractivity contribution in [2.24, 2.45) is 0 Å². The molecule has 0 heterocycles. The minimum atomic E-state index is -3.42. The highest BCUT2D eigenvalue weighted by Gasteiger charge is 2.19. The summed E-state index contributed by atoms with van der Waals surface area (Å²) in [6, 6.07) is 20.3. The van der Waals surface area contributed by atoms with Crippen molar-refractivity contribution in [3.05, 3.63) is 77.4 Å². The van der Waals surface area contributed by atoms with Crippen LogP contribution in [-0.4, -0.2) is 33.7 Å². The summed E-state index contributed by atoms with van der Waals surface area (Å²) >= 11 is 0. The van der Waals surface area contributed by atoms with Crippen LogP contribution in [0.1, 0.15) is 36.0 Å². The minimum Gasteiger partial charge on any atom is -0.356 e. The lowest BCUT2D eigenvalue weighted by Gasteiger charge is -2.24. The van der Waals surface area contributed by atoms with Crippen molar-refractivity contribution in [2.45, 2.75) is 39.5 Å². The highest BCUT2D eigenvalue weighted by Crippen LogP contribution is 2.25. The van der Waals surface area contributed by atoms with Gasteiger partial charge >= 0.3 is 0 Å². The van der Waals surface area contributed by atoms with Crippen LogP contribution in [0.2, 0.25) is 0 Å². The van der Waals surface area contributed by atoms with E-state index in [1.165, 1.54) is 26.9 Å². The van der Waals surface area contributed by atoms with Gasteiger partial charge in [0.15, 0.2) is 0 Å². The zero-order valence-corrected chi connectivity index (χ0v) is 19.9. The van der Waals surface area contributed by atoms with Gasteiger partial charge in [-0.3, -0.25) is 9.10 Å². The fraction of sp³-hybridized carbons (Fsp3) is 0.346. The van der Waals surface area contributed by atoms with E-state index in [1.54, 1.807) is 0 Å². The molecule has 0 spiro atoms. The average Bonchev–Trinajstić information content (AvgIpc) is 2.76. The van der Waals surface area contributed by atoms with Crippen LogP contribution in [0.5, 0.6) is 0 Å². The highest BCUT2D eigenvalue weighted by atomic mass is 32.2. The normalized spacial score (nSPS) is 11.5. The number of benzene rings is 3. The van der Waals surface area contributed by atoms with E-state index < -0.39 is 10.0 Å². The third-order valence-electron chi connectivity index (χ3n) is 5.84. The predicted octanol–water partition coefficient (Wildman–Crippen LogP) is 4.75. The summed E-state index contributed by atoms with van der Waals surface area (Å²) in [5.74, 6) is -0.0441. The Labute approximate surface area is 191 Å². The Morgan fingerprint density at radius 2 is 1.66 bits per heavy atom. The summed E-state index contributed by atoms with van der Waals surface area (Å²) < 4.78 is 26.1. The Hall–Kier alpha value is -2.86. The number of rotatable bonds is 10. The topological polar surface area (TPSA) is 66.5 Å². The third kappa shape index (κ3) is 6.10. The summed E-state index contributed by atoms with van der Waals surface area (Å²) in [6.07, 6.45) is 3.73. The molecule has 0 saturated carbocycles. The number of nitrogens with one attached hydrogen (secondary N) is 1. The molecule has 32 heavy (non-hydrogen) atoms. The zero-order valence-electron chi connectivity index (χ0n) is 19.1. The molecule has 0 aromatic heterocycles. The average molecular weight is 453 g/mol. The van der Waals surface area contributed by atoms with Gasteiger partial charge in [0.1, 0.15) is 0 Å². The predicted molar refractivity (Wildman–Crippen MR) is 133 cm³/mol. The molecule has 0 atom stereocenters. The molecular weight excluding hydrogens is 420 g/mol. The van der Waals surface area contributed by atoms with Gasteiger partial charge in [-0.1, -0.05) is 54.6 Å². The first-order valence-electron chi connectivity index (χ1n) is 11.0. The standard InChI is InChI=1S/C26H32N2O3S/c1-20-10-6-16-25(21(20)2)28(32(3,30)31)19-9-17-26(29)27-18-8-14-23-13-7-12-22-11-4-5-15-24(22)23/h4-7,10-13,15-16H,8-9,14,17-19H2,1-3H3,(H,27,29). The summed E-state index contributed by atoms with van der Waals surface area (Å²) in [5.41, 5.74) is 3.95. The molecule has 0 radical (unpaired) electrons. The van der Waals surface area contributed by atoms with E-state index in [0.29, 0.717) is 25.1 Å². The highest BCUT2D eigenvalue weighted by molar-refractivity contribution is 7.92. The molecule has 0 aliphatic carbocycles. The van der Waals surface area contributed by atoms with Crippen LogP contribution in [-0.2, 0) is 21.2 Å². The van der Waals surface area contributed by atoms with E-state index in [1.807, 2.05) is 44.2 Å². The van der Waals surface area contributed by atoms with Gasteiger partial charge in [0.05, 0.1) is 11.9 Å². The molecule has 3 aromatic rings. The van der Waals surface area contributed by atoms with Gasteiger partial charge in [-0.05, 0) is 66.6 Å². The first-order chi connectivity index (χ1) is 15.3. The second-order valence-electron chi connectivity index (χ2n) is 8.25. The molecule has 3 aromatic carbocycles. The monoisotopic (exact) mass is 452 g/mol. The fourth-order valence-electron chi connectivity index (χ4n) is 3.96. The van der Waals surface area contributed by atoms with Crippen molar-refractivity contribution in [1.82, 2.24) is 5.32 Å². The molecule has 1 amide bonds. The van der Waals surface area contributed by atoms with Gasteiger partial charge in [-0.15, -0.1) is 0 Å². The Morgan fingerprint density at radius 3 is 2.44 bits per heavy atom. The lowest BCUT2D eigenvalue weighted by atomic mass is 10.0. The van der Waals surface area contributed by atoms with Gasteiger partial charge in [0.2, 0.25) is 15.9 Å². The number of sulfonamides is 1. The Kier molecular flexibility index (Phi) is 7.91. The van der Waals surface area contributed by atoms with Crippen LogP contribution >= 0.6 is 0 Å². The second-order valence-corrected chi connectivity index (χ2v) is 10.2. The number of nitrogens with zero attached hydrogens (tertiary/aromatic N) is 1. The van der Waals surface area contributed by atoms with Crippen LogP contribution in [0.15, 0.2) is 60.7 Å². The van der Waals surface area contributed by atoms with E-state index in [9.17, 15) is 13.2 Å². The molecule has 0 aliphatic rings. The van der Waals surface area contributed by atoms with Crippen molar-refractivity contribution < 1.29 is 13.2 Å². The number of carbonyl (C=O) groups excluding carboxylic acids is 1. The maximum Gasteiger partial charge on any atom is 0.232 e. The lowest BCUT2D eigenvalue weighted by Crippen LogP contribution is -2.33. The van der Waals surface area contributed by atoms with Crippen molar-refractivity contribution in [3.63, 3.8) is 0 Å². The Morgan fingerprint density at radius 1 is 0.938 bits per heavy atom. The van der Waals surface area contributed by atoms with Gasteiger partial charge in [-0.2, -0.15) is 0 Å². The van der Waals surface area contributed by atoms with Gasteiger partial charge < -0.3 is 5.32 Å². The zero-order chi connectivity index (χ0) is 23.1. The molecule has 5 nitrogen and oxygen atoms in total. The van der Waals surface area contributed by atoms with E-state index in [-0.39, 0.29) is 12.5 Å². The van der Waals surface area contributed by atoms with Gasteiger partial charge in [0, 0.05) is 19.5 Å². The van der Waals surface area contributed by atoms with Crippen LogP contribution in [0.4, 0.5) is 5.69 Å². The molecule has 0 fully saturated rings. The van der Waals surface area contributed by atoms with Crippen molar-refractivity contribution in [2.75, 3.05) is 23.7 Å². The second kappa shape index (κ2) is 10.6. The molecular formula is C26H32N2O3S. The summed E-state index contributed by atoms with van der Waals surface area (Å²) in [7, 11) is -3.42. The van der Waals surface area contributed by atoms with Crippen LogP contribution < -0.4 is 9.62 Å². The maximum atomic E-state index is 12.3. The van der Waals surface area contributed by atoms with E-state index in [4.69, 9.17) is 0 Å². The molecule has 1 N–H and O–H groups in total. The molecule has 0 bridgehead atoms. The Bertz CT molecular complexity index is 1180. The number of aryl methyl sites for hydroxylation is 2. The summed E-state index contributed by atoms with van der Waals surface area (Å²) in [4.78, 5) is 12.3. The van der Waals surface area contributed by atoms with Crippen LogP contribution in [0, 0.1) is 13.8 Å². The van der Waals surface area contributed by atoms with E-state index in [2.05, 4.69) is 35.6 Å². The fourth-order valence-corrected chi connectivity index (χ4v) is 4.98. The number of fused-ring (bicyclic) bond motifs is 1. The maximum absolute atomic E-state index is 12.3. The molecule has 170 valence electrons. The molecule has 3 rings (SSSR count). The van der Waals surface area contributed by atoms with E-state index in [0.717, 1.165) is 24.0 Å². The SMILES string of the molecule is Cc1cccc(N(CCCC(=O)NCCCc2cccc3ccccc23)S(C)(=O)=O)c1C. The van der Waals surface area contributed by atoms with Crippen molar-refractivity contribution >= 4 is 32.4 Å². The number of hydrogen-bond donors (Lipinski definition) is 1. The number of amides is 1. The van der Waals surface area contributed by atoms with Crippen LogP contribution in [0.3, 0.4) is 0 Å². The summed E-state index contributed by atoms with van der Waals surface area (Å²) in [5, 5.41) is 5.45. The molecule has 0 saturated heterocycles. The summed E-state index contributed by atoms with van der Waals surface area (Å²) in [6.45, 7) is 4.78. The number of anilines is 1. The molecule has 0 unspecified atom stereocenters. The van der Waals surface area contributed by atoms with Crippen LogP contribution in [0.25, 0.3) is 10.8 Å². The first kappa shape index (κ1) is 23.8. The van der Waals surface area contributed by atoms with Gasteiger partial charge in [0.25, 0.3) is 0 Å². The first-order valence-corrected chi connectivity index (χ1v) is 12.9. The quantitative estimate of drug-likeness (QED) is 0.451. The van der Waals surface area contributed by atoms with E-state index >= 15 is 0 Å². The minimum absolute atomic E-state index is 0.0441. The number of carbonyl (C=O) groups is 1. The van der Waals surface area contributed by atoms with Crippen molar-refractivity contribution in [1.29, 1.82) is 0 Å². The molecule has 6 heteroatoms. The lowest BCUT2D eigenvalue weighted by molar-refractivity contribution is -0.121. The smallest absolute Gasteiger partial charge is 0.232 e. The molecule has 0 aliphatic heterocycles.